The SMILES string of the molecule is CCCCN(CC)C(=O)C1(C)CCNCC1. The van der Waals surface area contributed by atoms with Gasteiger partial charge in [-0.1, -0.05) is 20.3 Å². The zero-order valence-corrected chi connectivity index (χ0v) is 11.0. The Morgan fingerprint density at radius 1 is 1.31 bits per heavy atom. The Morgan fingerprint density at radius 2 is 1.94 bits per heavy atom. The normalized spacial score (nSPS) is 19.4. The van der Waals surface area contributed by atoms with Crippen molar-refractivity contribution in [2.45, 2.75) is 46.5 Å². The molecule has 0 saturated carbocycles. The van der Waals surface area contributed by atoms with E-state index in [1.165, 1.54) is 0 Å². The highest BCUT2D eigenvalue weighted by atomic mass is 16.2. The van der Waals surface area contributed by atoms with Crippen LogP contribution in [-0.4, -0.2) is 37.0 Å². The molecular formula is C13H26N2O. The third-order valence-corrected chi connectivity index (χ3v) is 3.67. The van der Waals surface area contributed by atoms with Crippen molar-refractivity contribution in [2.24, 2.45) is 5.41 Å². The molecule has 1 amide bonds. The smallest absolute Gasteiger partial charge is 0.228 e. The molecule has 1 aliphatic rings. The maximum absolute atomic E-state index is 12.5. The summed E-state index contributed by atoms with van der Waals surface area (Å²) >= 11 is 0. The van der Waals surface area contributed by atoms with Crippen LogP contribution in [0.25, 0.3) is 0 Å². The van der Waals surface area contributed by atoms with Crippen molar-refractivity contribution in [1.29, 1.82) is 0 Å². The predicted octanol–water partition coefficient (Wildman–Crippen LogP) is 2.02. The minimum absolute atomic E-state index is 0.116. The van der Waals surface area contributed by atoms with Gasteiger partial charge in [0.05, 0.1) is 0 Å². The van der Waals surface area contributed by atoms with E-state index in [9.17, 15) is 4.79 Å². The number of amides is 1. The highest BCUT2D eigenvalue weighted by Gasteiger charge is 2.36. The molecule has 1 aliphatic heterocycles. The van der Waals surface area contributed by atoms with Crippen LogP contribution in [0.15, 0.2) is 0 Å². The maximum Gasteiger partial charge on any atom is 0.228 e. The minimum Gasteiger partial charge on any atom is -0.343 e. The Morgan fingerprint density at radius 3 is 2.44 bits per heavy atom. The van der Waals surface area contributed by atoms with Gasteiger partial charge in [-0.3, -0.25) is 4.79 Å². The van der Waals surface area contributed by atoms with E-state index < -0.39 is 0 Å². The molecule has 1 N–H and O–H groups in total. The molecule has 1 saturated heterocycles. The summed E-state index contributed by atoms with van der Waals surface area (Å²) in [5, 5.41) is 3.32. The second kappa shape index (κ2) is 6.24. The number of nitrogens with zero attached hydrogens (tertiary/aromatic N) is 1. The van der Waals surface area contributed by atoms with E-state index in [2.05, 4.69) is 26.1 Å². The maximum atomic E-state index is 12.5. The molecule has 0 aliphatic carbocycles. The van der Waals surface area contributed by atoms with Crippen LogP contribution in [0, 0.1) is 5.41 Å². The van der Waals surface area contributed by atoms with Crippen molar-refractivity contribution in [3.8, 4) is 0 Å². The summed E-state index contributed by atoms with van der Waals surface area (Å²) in [7, 11) is 0. The van der Waals surface area contributed by atoms with Gasteiger partial charge in [0.2, 0.25) is 5.91 Å². The van der Waals surface area contributed by atoms with E-state index in [0.29, 0.717) is 5.91 Å². The monoisotopic (exact) mass is 226 g/mol. The average molecular weight is 226 g/mol. The molecule has 0 unspecified atom stereocenters. The molecule has 3 heteroatoms. The summed E-state index contributed by atoms with van der Waals surface area (Å²) < 4.78 is 0. The molecule has 94 valence electrons. The van der Waals surface area contributed by atoms with Crippen LogP contribution in [0.4, 0.5) is 0 Å². The predicted molar refractivity (Wildman–Crippen MR) is 67.4 cm³/mol. The number of hydrogen-bond donors (Lipinski definition) is 1. The van der Waals surface area contributed by atoms with Crippen molar-refractivity contribution < 1.29 is 4.79 Å². The van der Waals surface area contributed by atoms with Crippen LogP contribution in [0.5, 0.6) is 0 Å². The summed E-state index contributed by atoms with van der Waals surface area (Å²) in [5.74, 6) is 0.366. The second-order valence-electron chi connectivity index (χ2n) is 5.05. The van der Waals surface area contributed by atoms with Crippen molar-refractivity contribution in [2.75, 3.05) is 26.2 Å². The van der Waals surface area contributed by atoms with Gasteiger partial charge in [-0.15, -0.1) is 0 Å². The van der Waals surface area contributed by atoms with Gasteiger partial charge in [0.1, 0.15) is 0 Å². The third kappa shape index (κ3) is 3.21. The second-order valence-corrected chi connectivity index (χ2v) is 5.05. The van der Waals surface area contributed by atoms with E-state index in [-0.39, 0.29) is 5.41 Å². The van der Waals surface area contributed by atoms with Crippen LogP contribution in [0.1, 0.15) is 46.5 Å². The summed E-state index contributed by atoms with van der Waals surface area (Å²) in [6.07, 6.45) is 4.23. The molecule has 0 radical (unpaired) electrons. The van der Waals surface area contributed by atoms with E-state index in [4.69, 9.17) is 0 Å². The molecule has 16 heavy (non-hydrogen) atoms. The number of rotatable bonds is 5. The van der Waals surface area contributed by atoms with Crippen LogP contribution in [0.2, 0.25) is 0 Å². The fourth-order valence-corrected chi connectivity index (χ4v) is 2.33. The molecule has 1 heterocycles. The van der Waals surface area contributed by atoms with Gasteiger partial charge in [-0.2, -0.15) is 0 Å². The topological polar surface area (TPSA) is 32.3 Å². The standard InChI is InChI=1S/C13H26N2O/c1-4-6-11-15(5-2)12(16)13(3)7-9-14-10-8-13/h14H,4-11H2,1-3H3. The van der Waals surface area contributed by atoms with Gasteiger partial charge in [-0.05, 0) is 39.3 Å². The van der Waals surface area contributed by atoms with E-state index >= 15 is 0 Å². The fraction of sp³-hybridized carbons (Fsp3) is 0.923. The van der Waals surface area contributed by atoms with Crippen LogP contribution in [-0.2, 0) is 4.79 Å². The molecule has 0 bridgehead atoms. The summed E-state index contributed by atoms with van der Waals surface area (Å²) in [6.45, 7) is 10.1. The molecule has 3 nitrogen and oxygen atoms in total. The lowest BCUT2D eigenvalue weighted by Gasteiger charge is -2.37. The zero-order chi connectivity index (χ0) is 12.0. The molecule has 0 atom stereocenters. The van der Waals surface area contributed by atoms with Gasteiger partial charge < -0.3 is 10.2 Å². The Labute approximate surface area is 99.6 Å². The highest BCUT2D eigenvalue weighted by Crippen LogP contribution is 2.30. The Hall–Kier alpha value is -0.570. The van der Waals surface area contributed by atoms with Crippen LogP contribution in [0.3, 0.4) is 0 Å². The molecule has 0 aromatic heterocycles. The molecule has 1 fully saturated rings. The number of hydrogen-bond acceptors (Lipinski definition) is 2. The summed E-state index contributed by atoms with van der Waals surface area (Å²) in [5.41, 5.74) is -0.116. The third-order valence-electron chi connectivity index (χ3n) is 3.67. The lowest BCUT2D eigenvalue weighted by molar-refractivity contribution is -0.142. The number of unbranched alkanes of at least 4 members (excludes halogenated alkanes) is 1. The van der Waals surface area contributed by atoms with Crippen molar-refractivity contribution in [1.82, 2.24) is 10.2 Å². The van der Waals surface area contributed by atoms with E-state index in [0.717, 1.165) is 51.9 Å². The first-order valence-corrected chi connectivity index (χ1v) is 6.64. The lowest BCUT2D eigenvalue weighted by Crippen LogP contribution is -2.48. The van der Waals surface area contributed by atoms with Gasteiger partial charge in [-0.25, -0.2) is 0 Å². The van der Waals surface area contributed by atoms with E-state index in [1.807, 2.05) is 4.90 Å². The summed E-state index contributed by atoms with van der Waals surface area (Å²) in [4.78, 5) is 14.5. The number of carbonyl (C=O) groups is 1. The Balaban J connectivity index is 2.58. The molecular weight excluding hydrogens is 200 g/mol. The molecule has 1 rings (SSSR count). The summed E-state index contributed by atoms with van der Waals surface area (Å²) in [6, 6.07) is 0. The number of piperidine rings is 1. The highest BCUT2D eigenvalue weighted by molar-refractivity contribution is 5.82. The quantitative estimate of drug-likeness (QED) is 0.778. The van der Waals surface area contributed by atoms with Crippen molar-refractivity contribution >= 4 is 5.91 Å². The zero-order valence-electron chi connectivity index (χ0n) is 11.0. The van der Waals surface area contributed by atoms with Gasteiger partial charge in [0.15, 0.2) is 0 Å². The first kappa shape index (κ1) is 13.5. The number of nitrogens with one attached hydrogen (secondary N) is 1. The van der Waals surface area contributed by atoms with Gasteiger partial charge >= 0.3 is 0 Å². The first-order valence-electron chi connectivity index (χ1n) is 6.64. The van der Waals surface area contributed by atoms with Crippen molar-refractivity contribution in [3.05, 3.63) is 0 Å². The average Bonchev–Trinajstić information content (AvgIpc) is 2.31. The first-order chi connectivity index (χ1) is 7.64. The Bertz CT molecular complexity index is 222. The van der Waals surface area contributed by atoms with Crippen molar-refractivity contribution in [3.63, 3.8) is 0 Å². The minimum atomic E-state index is -0.116. The van der Waals surface area contributed by atoms with Gasteiger partial charge in [0.25, 0.3) is 0 Å². The Kier molecular flexibility index (Phi) is 5.26. The van der Waals surface area contributed by atoms with Gasteiger partial charge in [0, 0.05) is 18.5 Å². The van der Waals surface area contributed by atoms with E-state index in [1.54, 1.807) is 0 Å². The molecule has 0 aromatic rings. The molecule has 0 spiro atoms. The van der Waals surface area contributed by atoms with Crippen LogP contribution < -0.4 is 5.32 Å². The molecule has 0 aromatic carbocycles. The lowest BCUT2D eigenvalue weighted by atomic mass is 9.79. The fourth-order valence-electron chi connectivity index (χ4n) is 2.33. The largest absolute Gasteiger partial charge is 0.343 e. The van der Waals surface area contributed by atoms with Crippen LogP contribution >= 0.6 is 0 Å². The number of carbonyl (C=O) groups excluding carboxylic acids is 1.